The minimum absolute atomic E-state index is 0.199. The summed E-state index contributed by atoms with van der Waals surface area (Å²) < 4.78 is 23.7. The zero-order valence-electron chi connectivity index (χ0n) is 11.8. The molecule has 1 aromatic carbocycles. The number of hydrogen-bond acceptors (Lipinski definition) is 3. The van der Waals surface area contributed by atoms with E-state index in [-0.39, 0.29) is 17.0 Å². The third kappa shape index (κ3) is 3.35. The van der Waals surface area contributed by atoms with Crippen molar-refractivity contribution < 1.29 is 13.2 Å². The molecule has 4 nitrogen and oxygen atoms in total. The number of sulfone groups is 1. The maximum atomic E-state index is 12.6. The van der Waals surface area contributed by atoms with Gasteiger partial charge in [-0.2, -0.15) is 0 Å². The first-order valence-corrected chi connectivity index (χ1v) is 9.34. The molecule has 2 atom stereocenters. The highest BCUT2D eigenvalue weighted by Crippen LogP contribution is 2.31. The number of carbonyl (C=O) groups is 1. The van der Waals surface area contributed by atoms with Crippen molar-refractivity contribution in [1.82, 2.24) is 4.90 Å². The summed E-state index contributed by atoms with van der Waals surface area (Å²) in [6.45, 7) is 0. The Morgan fingerprint density at radius 1 is 1.29 bits per heavy atom. The zero-order chi connectivity index (χ0) is 15.8. The maximum Gasteiger partial charge on any atom is 0.255 e. The fourth-order valence-electron chi connectivity index (χ4n) is 2.86. The molecule has 116 valence electrons. The Balaban J connectivity index is 2.29. The summed E-state index contributed by atoms with van der Waals surface area (Å²) in [4.78, 5) is 14.0. The molecule has 0 bridgehead atoms. The number of halogens is 2. The Hall–Kier alpha value is -0.780. The second-order valence-corrected chi connectivity index (χ2v) is 8.43. The second-order valence-electron chi connectivity index (χ2n) is 5.38. The van der Waals surface area contributed by atoms with Crippen LogP contribution in [0.4, 0.5) is 0 Å². The van der Waals surface area contributed by atoms with Crippen LogP contribution in [0.2, 0.25) is 10.0 Å². The van der Waals surface area contributed by atoms with Gasteiger partial charge in [-0.05, 0) is 31.4 Å². The summed E-state index contributed by atoms with van der Waals surface area (Å²) in [6, 6.07) is 4.54. The lowest BCUT2D eigenvalue weighted by atomic mass is 10.1. The first-order valence-electron chi connectivity index (χ1n) is 6.63. The second kappa shape index (κ2) is 6.15. The van der Waals surface area contributed by atoms with Gasteiger partial charge in [0.1, 0.15) is 0 Å². The van der Waals surface area contributed by atoms with E-state index < -0.39 is 15.1 Å². The maximum absolute atomic E-state index is 12.6. The van der Waals surface area contributed by atoms with Gasteiger partial charge in [-0.25, -0.2) is 8.42 Å². The molecule has 0 radical (unpaired) electrons. The molecule has 0 spiro atoms. The fraction of sp³-hybridized carbons (Fsp3) is 0.500. The van der Waals surface area contributed by atoms with E-state index in [1.807, 2.05) is 0 Å². The van der Waals surface area contributed by atoms with Crippen molar-refractivity contribution in [2.45, 2.75) is 30.6 Å². The van der Waals surface area contributed by atoms with E-state index in [2.05, 4.69) is 0 Å². The Bertz CT molecular complexity index is 660. The van der Waals surface area contributed by atoms with Gasteiger partial charge in [0.25, 0.3) is 5.91 Å². The van der Waals surface area contributed by atoms with Gasteiger partial charge in [0, 0.05) is 19.3 Å². The van der Waals surface area contributed by atoms with Gasteiger partial charge in [0.05, 0.1) is 20.9 Å². The predicted molar refractivity (Wildman–Crippen MR) is 84.8 cm³/mol. The van der Waals surface area contributed by atoms with Crippen LogP contribution in [0.3, 0.4) is 0 Å². The van der Waals surface area contributed by atoms with Gasteiger partial charge in [-0.1, -0.05) is 29.3 Å². The molecule has 1 aliphatic carbocycles. The number of rotatable bonds is 3. The summed E-state index contributed by atoms with van der Waals surface area (Å²) in [7, 11) is -1.56. The quantitative estimate of drug-likeness (QED) is 0.842. The third-order valence-electron chi connectivity index (χ3n) is 3.97. The summed E-state index contributed by atoms with van der Waals surface area (Å²) in [5, 5.41) is -0.00340. The number of amides is 1. The smallest absolute Gasteiger partial charge is 0.255 e. The van der Waals surface area contributed by atoms with E-state index in [4.69, 9.17) is 23.2 Å². The van der Waals surface area contributed by atoms with Crippen molar-refractivity contribution in [3.8, 4) is 0 Å². The lowest BCUT2D eigenvalue weighted by Gasteiger charge is -2.29. The molecule has 0 aliphatic heterocycles. The van der Waals surface area contributed by atoms with Crippen molar-refractivity contribution in [3.05, 3.63) is 33.8 Å². The monoisotopic (exact) mass is 349 g/mol. The Kier molecular flexibility index (Phi) is 4.85. The SMILES string of the molecule is CN(C(=O)c1cccc(Cl)c1Cl)[C@@H]1CCC[C@@H]1S(C)(=O)=O. The molecule has 2 rings (SSSR count). The van der Waals surface area contributed by atoms with Gasteiger partial charge in [-0.15, -0.1) is 0 Å². The Morgan fingerprint density at radius 2 is 1.95 bits per heavy atom. The highest BCUT2D eigenvalue weighted by molar-refractivity contribution is 7.91. The number of nitrogens with zero attached hydrogens (tertiary/aromatic N) is 1. The molecule has 1 saturated carbocycles. The summed E-state index contributed by atoms with van der Waals surface area (Å²) in [5.41, 5.74) is 0.297. The predicted octanol–water partition coefficient (Wildman–Crippen LogP) is 3.03. The number of carbonyl (C=O) groups excluding carboxylic acids is 1. The number of benzene rings is 1. The minimum atomic E-state index is -3.18. The highest BCUT2D eigenvalue weighted by Gasteiger charge is 2.39. The van der Waals surface area contributed by atoms with Gasteiger partial charge in [0.15, 0.2) is 9.84 Å². The molecular weight excluding hydrogens is 333 g/mol. The van der Waals surface area contributed by atoms with Gasteiger partial charge >= 0.3 is 0 Å². The topological polar surface area (TPSA) is 54.5 Å². The average molecular weight is 350 g/mol. The van der Waals surface area contributed by atoms with E-state index in [0.29, 0.717) is 23.4 Å². The van der Waals surface area contributed by atoms with Crippen LogP contribution in [0.1, 0.15) is 29.6 Å². The standard InChI is InChI=1S/C14H17Cl2NO3S/c1-17(11-7-4-8-12(11)21(2,19)20)14(18)9-5-3-6-10(15)13(9)16/h3,5-6,11-12H,4,7-8H2,1-2H3/t11-,12+/m1/s1. The van der Waals surface area contributed by atoms with Crippen molar-refractivity contribution in [3.63, 3.8) is 0 Å². The van der Waals surface area contributed by atoms with Crippen molar-refractivity contribution in [2.24, 2.45) is 0 Å². The normalized spacial score (nSPS) is 22.3. The fourth-order valence-corrected chi connectivity index (χ4v) is 4.72. The molecule has 1 amide bonds. The van der Waals surface area contributed by atoms with Crippen LogP contribution in [0, 0.1) is 0 Å². The van der Waals surface area contributed by atoms with Gasteiger partial charge in [-0.3, -0.25) is 4.79 Å². The summed E-state index contributed by atoms with van der Waals surface area (Å²) >= 11 is 12.0. The summed E-state index contributed by atoms with van der Waals surface area (Å²) in [5.74, 6) is -0.303. The lowest BCUT2D eigenvalue weighted by molar-refractivity contribution is 0.0737. The average Bonchev–Trinajstić information content (AvgIpc) is 2.89. The van der Waals surface area contributed by atoms with Crippen molar-refractivity contribution in [2.75, 3.05) is 13.3 Å². The van der Waals surface area contributed by atoms with Crippen LogP contribution in [-0.4, -0.2) is 43.8 Å². The lowest BCUT2D eigenvalue weighted by Crippen LogP contribution is -2.44. The molecule has 7 heteroatoms. The van der Waals surface area contributed by atoms with E-state index in [1.165, 1.54) is 11.2 Å². The molecule has 1 fully saturated rings. The Morgan fingerprint density at radius 3 is 2.57 bits per heavy atom. The largest absolute Gasteiger partial charge is 0.337 e. The molecule has 0 N–H and O–H groups in total. The summed E-state index contributed by atoms with van der Waals surface area (Å²) in [6.07, 6.45) is 3.28. The molecule has 1 aromatic rings. The Labute approximate surface area is 134 Å². The molecule has 0 saturated heterocycles. The first kappa shape index (κ1) is 16.6. The van der Waals surface area contributed by atoms with Crippen molar-refractivity contribution in [1.29, 1.82) is 0 Å². The zero-order valence-corrected chi connectivity index (χ0v) is 14.2. The third-order valence-corrected chi connectivity index (χ3v) is 6.44. The molecule has 0 unspecified atom stereocenters. The van der Waals surface area contributed by atoms with Gasteiger partial charge in [0.2, 0.25) is 0 Å². The van der Waals surface area contributed by atoms with E-state index in [9.17, 15) is 13.2 Å². The molecule has 21 heavy (non-hydrogen) atoms. The van der Waals surface area contributed by atoms with E-state index in [1.54, 1.807) is 25.2 Å². The van der Waals surface area contributed by atoms with Crippen LogP contribution in [0.15, 0.2) is 18.2 Å². The molecular formula is C14H17Cl2NO3S. The van der Waals surface area contributed by atoms with E-state index >= 15 is 0 Å². The highest BCUT2D eigenvalue weighted by atomic mass is 35.5. The molecule has 0 aromatic heterocycles. The van der Waals surface area contributed by atoms with Crippen LogP contribution < -0.4 is 0 Å². The molecule has 1 aliphatic rings. The van der Waals surface area contributed by atoms with Crippen molar-refractivity contribution >= 4 is 38.9 Å². The first-order chi connectivity index (χ1) is 9.73. The van der Waals surface area contributed by atoms with Crippen LogP contribution in [-0.2, 0) is 9.84 Å². The van der Waals surface area contributed by atoms with Crippen LogP contribution in [0.25, 0.3) is 0 Å². The van der Waals surface area contributed by atoms with Gasteiger partial charge < -0.3 is 4.90 Å². The van der Waals surface area contributed by atoms with Crippen LogP contribution >= 0.6 is 23.2 Å². The number of hydrogen-bond donors (Lipinski definition) is 0. The minimum Gasteiger partial charge on any atom is -0.337 e. The molecule has 0 heterocycles. The van der Waals surface area contributed by atoms with Crippen LogP contribution in [0.5, 0.6) is 0 Å². The van der Waals surface area contributed by atoms with E-state index in [0.717, 1.165) is 6.42 Å².